The van der Waals surface area contributed by atoms with Crippen LogP contribution in [0.1, 0.15) is 35.2 Å². The van der Waals surface area contributed by atoms with Crippen LogP contribution in [0.25, 0.3) is 10.9 Å². The number of aromatic nitrogens is 1. The van der Waals surface area contributed by atoms with Crippen molar-refractivity contribution in [3.8, 4) is 11.5 Å². The zero-order valence-electron chi connectivity index (χ0n) is 21.1. The minimum Gasteiger partial charge on any atom is -0.493 e. The average Bonchev–Trinajstić information content (AvgIpc) is 3.11. The van der Waals surface area contributed by atoms with Gasteiger partial charge in [0.15, 0.2) is 11.5 Å². The SMILES string of the molecule is COc1ccc(CCNC(=O)c2c[nH]c3ccc(S(=O)(=O)NC4CCCCNC4=O)cc3c2=O)cc1OC. The van der Waals surface area contributed by atoms with Gasteiger partial charge in [0.1, 0.15) is 11.6 Å². The number of hydrogen-bond acceptors (Lipinski definition) is 7. The molecular formula is C26H30N4O7S. The molecule has 11 nitrogen and oxygen atoms in total. The Morgan fingerprint density at radius 1 is 1.05 bits per heavy atom. The number of methoxy groups -OCH3 is 2. The highest BCUT2D eigenvalue weighted by Crippen LogP contribution is 2.27. The lowest BCUT2D eigenvalue weighted by Gasteiger charge is -2.15. The highest BCUT2D eigenvalue weighted by Gasteiger charge is 2.27. The molecule has 1 unspecified atom stereocenters. The van der Waals surface area contributed by atoms with Crippen molar-refractivity contribution >= 4 is 32.7 Å². The Kier molecular flexibility index (Phi) is 8.32. The molecule has 1 aliphatic heterocycles. The number of ether oxygens (including phenoxy) is 2. The zero-order valence-corrected chi connectivity index (χ0v) is 21.9. The number of H-pyrrole nitrogens is 1. The molecule has 0 bridgehead atoms. The second-order valence-corrected chi connectivity index (χ2v) is 10.6. The number of pyridine rings is 1. The van der Waals surface area contributed by atoms with Gasteiger partial charge in [0.05, 0.1) is 19.1 Å². The van der Waals surface area contributed by atoms with Crippen LogP contribution in [0, 0.1) is 0 Å². The van der Waals surface area contributed by atoms with Crippen molar-refractivity contribution in [1.82, 2.24) is 20.3 Å². The van der Waals surface area contributed by atoms with Crippen LogP contribution in [0.15, 0.2) is 52.3 Å². The molecule has 38 heavy (non-hydrogen) atoms. The van der Waals surface area contributed by atoms with E-state index in [2.05, 4.69) is 20.3 Å². The predicted octanol–water partition coefficient (Wildman–Crippen LogP) is 1.46. The summed E-state index contributed by atoms with van der Waals surface area (Å²) < 4.78 is 38.9. The lowest BCUT2D eigenvalue weighted by Crippen LogP contribution is -2.45. The van der Waals surface area contributed by atoms with Gasteiger partial charge in [0, 0.05) is 30.2 Å². The summed E-state index contributed by atoms with van der Waals surface area (Å²) in [7, 11) is -1.01. The third kappa shape index (κ3) is 5.97. The second-order valence-electron chi connectivity index (χ2n) is 8.89. The Labute approximate surface area is 220 Å². The Morgan fingerprint density at radius 2 is 1.84 bits per heavy atom. The maximum Gasteiger partial charge on any atom is 0.256 e. The van der Waals surface area contributed by atoms with Crippen LogP contribution in [0.5, 0.6) is 11.5 Å². The highest BCUT2D eigenvalue weighted by atomic mass is 32.2. The molecule has 1 aromatic heterocycles. The molecule has 1 saturated heterocycles. The molecule has 4 N–H and O–H groups in total. The smallest absolute Gasteiger partial charge is 0.256 e. The Hall–Kier alpha value is -3.90. The highest BCUT2D eigenvalue weighted by molar-refractivity contribution is 7.89. The standard InChI is InChI=1S/C26H30N4O7S/c1-36-22-9-6-16(13-23(22)37-2)10-12-28-25(32)19-15-29-20-8-7-17(14-18(20)24(19)31)38(34,35)30-21-5-3-4-11-27-26(21)33/h6-9,13-15,21,30H,3-5,10-12H2,1-2H3,(H,27,33)(H,28,32)(H,29,31). The number of benzene rings is 2. The lowest BCUT2D eigenvalue weighted by molar-refractivity contribution is -0.122. The molecule has 1 fully saturated rings. The van der Waals surface area contributed by atoms with Crippen LogP contribution in [-0.2, 0) is 21.2 Å². The number of hydrogen-bond donors (Lipinski definition) is 4. The third-order valence-corrected chi connectivity index (χ3v) is 7.86. The van der Waals surface area contributed by atoms with Crippen LogP contribution in [0.3, 0.4) is 0 Å². The number of nitrogens with one attached hydrogen (secondary N) is 4. The summed E-state index contributed by atoms with van der Waals surface area (Å²) in [6.07, 6.45) is 3.65. The minimum atomic E-state index is -4.09. The molecule has 0 aliphatic carbocycles. The molecule has 2 aromatic carbocycles. The first kappa shape index (κ1) is 27.1. The van der Waals surface area contributed by atoms with Gasteiger partial charge in [-0.1, -0.05) is 6.07 Å². The van der Waals surface area contributed by atoms with Gasteiger partial charge in [-0.15, -0.1) is 0 Å². The van der Waals surface area contributed by atoms with E-state index in [0.29, 0.717) is 42.8 Å². The second kappa shape index (κ2) is 11.7. The van der Waals surface area contributed by atoms with Gasteiger partial charge in [0.25, 0.3) is 5.91 Å². The van der Waals surface area contributed by atoms with E-state index in [4.69, 9.17) is 9.47 Å². The number of carbonyl (C=O) groups is 2. The average molecular weight is 543 g/mol. The topological polar surface area (TPSA) is 156 Å². The van der Waals surface area contributed by atoms with E-state index in [1.54, 1.807) is 13.2 Å². The van der Waals surface area contributed by atoms with Crippen LogP contribution >= 0.6 is 0 Å². The lowest BCUT2D eigenvalue weighted by atomic mass is 10.1. The summed E-state index contributed by atoms with van der Waals surface area (Å²) in [5.74, 6) is 0.200. The largest absolute Gasteiger partial charge is 0.493 e. The van der Waals surface area contributed by atoms with Gasteiger partial charge < -0.3 is 25.1 Å². The number of sulfonamides is 1. The fourth-order valence-electron chi connectivity index (χ4n) is 4.29. The molecule has 3 aromatic rings. The minimum absolute atomic E-state index is 0.0470. The van der Waals surface area contributed by atoms with Crippen molar-refractivity contribution in [1.29, 1.82) is 0 Å². The number of fused-ring (bicyclic) bond motifs is 1. The fourth-order valence-corrected chi connectivity index (χ4v) is 5.55. The van der Waals surface area contributed by atoms with E-state index in [1.807, 2.05) is 12.1 Å². The summed E-state index contributed by atoms with van der Waals surface area (Å²) in [5, 5.41) is 5.46. The normalized spacial score (nSPS) is 15.9. The molecule has 0 radical (unpaired) electrons. The summed E-state index contributed by atoms with van der Waals surface area (Å²) in [6, 6.07) is 8.56. The summed E-state index contributed by atoms with van der Waals surface area (Å²) in [6.45, 7) is 0.759. The molecule has 0 spiro atoms. The van der Waals surface area contributed by atoms with Crippen LogP contribution < -0.4 is 30.3 Å². The quantitative estimate of drug-likeness (QED) is 0.319. The first-order valence-electron chi connectivity index (χ1n) is 12.2. The Bertz CT molecular complexity index is 1520. The first-order valence-corrected chi connectivity index (χ1v) is 13.7. The number of rotatable bonds is 9. The summed E-state index contributed by atoms with van der Waals surface area (Å²) in [4.78, 5) is 40.8. The van der Waals surface area contributed by atoms with Gasteiger partial charge >= 0.3 is 0 Å². The van der Waals surface area contributed by atoms with Crippen LogP contribution in [-0.4, -0.2) is 58.6 Å². The van der Waals surface area contributed by atoms with E-state index >= 15 is 0 Å². The van der Waals surface area contributed by atoms with E-state index in [0.717, 1.165) is 12.0 Å². The van der Waals surface area contributed by atoms with Crippen molar-refractivity contribution < 1.29 is 27.5 Å². The van der Waals surface area contributed by atoms with Crippen LogP contribution in [0.4, 0.5) is 0 Å². The molecule has 12 heteroatoms. The van der Waals surface area contributed by atoms with Gasteiger partial charge in [-0.25, -0.2) is 8.42 Å². The molecular weight excluding hydrogens is 512 g/mol. The molecule has 1 atom stereocenters. The van der Waals surface area contributed by atoms with Crippen molar-refractivity contribution in [3.05, 3.63) is 63.9 Å². The van der Waals surface area contributed by atoms with E-state index in [-0.39, 0.29) is 28.3 Å². The van der Waals surface area contributed by atoms with E-state index in [1.165, 1.54) is 31.5 Å². The van der Waals surface area contributed by atoms with Gasteiger partial charge in [-0.2, -0.15) is 4.72 Å². The summed E-state index contributed by atoms with van der Waals surface area (Å²) in [5.41, 5.74) is 0.533. The molecule has 1 aliphatic rings. The predicted molar refractivity (Wildman–Crippen MR) is 141 cm³/mol. The number of aromatic amines is 1. The molecule has 2 amide bonds. The number of carbonyl (C=O) groups excluding carboxylic acids is 2. The fraction of sp³-hybridized carbons (Fsp3) is 0.346. The maximum atomic E-state index is 13.1. The van der Waals surface area contributed by atoms with Gasteiger partial charge in [-0.05, 0) is 61.6 Å². The summed E-state index contributed by atoms with van der Waals surface area (Å²) >= 11 is 0. The van der Waals surface area contributed by atoms with Crippen molar-refractivity contribution in [3.63, 3.8) is 0 Å². The molecule has 202 valence electrons. The van der Waals surface area contributed by atoms with Crippen LogP contribution in [0.2, 0.25) is 0 Å². The first-order chi connectivity index (χ1) is 18.2. The van der Waals surface area contributed by atoms with Crippen molar-refractivity contribution in [2.75, 3.05) is 27.3 Å². The molecule has 0 saturated carbocycles. The van der Waals surface area contributed by atoms with Gasteiger partial charge in [-0.3, -0.25) is 14.4 Å². The van der Waals surface area contributed by atoms with Crippen molar-refractivity contribution in [2.24, 2.45) is 0 Å². The number of amides is 2. The Balaban J connectivity index is 1.50. The van der Waals surface area contributed by atoms with E-state index < -0.39 is 27.4 Å². The van der Waals surface area contributed by atoms with E-state index in [9.17, 15) is 22.8 Å². The van der Waals surface area contributed by atoms with Gasteiger partial charge in [0.2, 0.25) is 21.4 Å². The third-order valence-electron chi connectivity index (χ3n) is 6.39. The maximum absolute atomic E-state index is 13.1. The zero-order chi connectivity index (χ0) is 27.3. The molecule has 4 rings (SSSR count). The monoisotopic (exact) mass is 542 g/mol. The molecule has 2 heterocycles. The Morgan fingerprint density at radius 3 is 2.61 bits per heavy atom. The van der Waals surface area contributed by atoms with Crippen molar-refractivity contribution in [2.45, 2.75) is 36.6 Å².